The van der Waals surface area contributed by atoms with Crippen molar-refractivity contribution >= 4 is 17.0 Å². The molecule has 0 radical (unpaired) electrons. The molecule has 216 valence electrons. The Hall–Kier alpha value is -2.25. The summed E-state index contributed by atoms with van der Waals surface area (Å²) < 4.78 is 2.17. The van der Waals surface area contributed by atoms with Gasteiger partial charge in [-0.1, -0.05) is 44.2 Å². The van der Waals surface area contributed by atoms with E-state index in [9.17, 15) is 14.7 Å². The molecule has 2 bridgehead atoms. The topological polar surface area (TPSA) is 78.7 Å². The molecule has 3 aliphatic carbocycles. The van der Waals surface area contributed by atoms with Gasteiger partial charge in [0.25, 0.3) is 5.56 Å². The minimum absolute atomic E-state index is 0.0386. The summed E-state index contributed by atoms with van der Waals surface area (Å²) in [5.74, 6) is -0.711. The summed E-state index contributed by atoms with van der Waals surface area (Å²) >= 11 is 0. The van der Waals surface area contributed by atoms with Crippen molar-refractivity contribution < 1.29 is 9.90 Å². The molecule has 1 aromatic heterocycles. The Bertz CT molecular complexity index is 1310. The van der Waals surface area contributed by atoms with E-state index in [1.54, 1.807) is 0 Å². The van der Waals surface area contributed by atoms with Crippen molar-refractivity contribution in [2.45, 2.75) is 132 Å². The van der Waals surface area contributed by atoms with Gasteiger partial charge in [0, 0.05) is 36.1 Å². The lowest BCUT2D eigenvalue weighted by Gasteiger charge is -2.45. The highest BCUT2D eigenvalue weighted by molar-refractivity contribution is 5.75. The van der Waals surface area contributed by atoms with Crippen molar-refractivity contribution in [3.63, 3.8) is 0 Å². The molecule has 5 atom stereocenters. The zero-order chi connectivity index (χ0) is 27.4. The molecule has 2 aliphatic heterocycles. The number of rotatable bonds is 6. The van der Waals surface area contributed by atoms with Crippen LogP contribution in [0.25, 0.3) is 11.0 Å². The number of para-hydroxylation sites is 2. The Balaban J connectivity index is 1.20. The molecule has 5 aliphatic rings. The number of carboxylic acid groups (broad SMARTS) is 1. The van der Waals surface area contributed by atoms with E-state index in [4.69, 9.17) is 4.98 Å². The summed E-state index contributed by atoms with van der Waals surface area (Å²) in [6.45, 7) is 0.0386. The monoisotopic (exact) mass is 546 g/mol. The lowest BCUT2D eigenvalue weighted by Crippen LogP contribution is -2.51. The second-order valence-corrected chi connectivity index (χ2v) is 13.9. The molecule has 1 aromatic carbocycles. The van der Waals surface area contributed by atoms with Gasteiger partial charge in [0.15, 0.2) is 0 Å². The highest BCUT2D eigenvalue weighted by Gasteiger charge is 2.62. The zero-order valence-electron chi connectivity index (χ0n) is 24.1. The maximum Gasteiger partial charge on any atom is 0.317 e. The predicted octanol–water partition coefficient (Wildman–Crippen LogP) is 5.72. The largest absolute Gasteiger partial charge is 0.480 e. The molecule has 7 heteroatoms. The molecule has 3 heterocycles. The molecule has 7 nitrogen and oxygen atoms in total. The third-order valence-electron chi connectivity index (χ3n) is 11.5. The van der Waals surface area contributed by atoms with Crippen LogP contribution in [-0.2, 0) is 4.79 Å². The van der Waals surface area contributed by atoms with Crippen molar-refractivity contribution in [2.75, 3.05) is 13.6 Å². The highest BCUT2D eigenvalue weighted by atomic mass is 16.4. The van der Waals surface area contributed by atoms with Gasteiger partial charge < -0.3 is 9.67 Å². The number of aromatic nitrogens is 2. The smallest absolute Gasteiger partial charge is 0.317 e. The third kappa shape index (κ3) is 4.71. The van der Waals surface area contributed by atoms with Crippen LogP contribution in [0.1, 0.15) is 114 Å². The van der Waals surface area contributed by atoms with E-state index in [0.29, 0.717) is 23.2 Å². The lowest BCUT2D eigenvalue weighted by atomic mass is 9.87. The van der Waals surface area contributed by atoms with E-state index in [0.717, 1.165) is 49.2 Å². The first-order valence-corrected chi connectivity index (χ1v) is 16.1. The van der Waals surface area contributed by atoms with Crippen LogP contribution < -0.4 is 5.56 Å². The van der Waals surface area contributed by atoms with Gasteiger partial charge >= 0.3 is 5.97 Å². The summed E-state index contributed by atoms with van der Waals surface area (Å²) in [6, 6.07) is 10.6. The molecule has 1 unspecified atom stereocenters. The normalized spacial score (nSPS) is 32.5. The average Bonchev–Trinajstić information content (AvgIpc) is 3.46. The van der Waals surface area contributed by atoms with Crippen LogP contribution in [0.15, 0.2) is 29.1 Å². The molecule has 7 rings (SSSR count). The first-order chi connectivity index (χ1) is 19.4. The summed E-state index contributed by atoms with van der Waals surface area (Å²) in [5, 5.41) is 9.28. The number of piperidine rings is 1. The summed E-state index contributed by atoms with van der Waals surface area (Å²) in [6.07, 6.45) is 18.5. The van der Waals surface area contributed by atoms with Crippen LogP contribution in [-0.4, -0.2) is 68.2 Å². The average molecular weight is 547 g/mol. The quantitative estimate of drug-likeness (QED) is 0.499. The second-order valence-electron chi connectivity index (χ2n) is 13.9. The lowest BCUT2D eigenvalue weighted by molar-refractivity contribution is -0.138. The van der Waals surface area contributed by atoms with E-state index in [1.165, 1.54) is 64.2 Å². The van der Waals surface area contributed by atoms with Gasteiger partial charge in [-0.15, -0.1) is 0 Å². The van der Waals surface area contributed by atoms with Gasteiger partial charge in [-0.3, -0.25) is 19.4 Å². The molecule has 3 saturated carbocycles. The molecule has 2 saturated heterocycles. The van der Waals surface area contributed by atoms with E-state index in [-0.39, 0.29) is 30.1 Å². The van der Waals surface area contributed by atoms with Crippen molar-refractivity contribution in [2.24, 2.45) is 5.41 Å². The van der Waals surface area contributed by atoms with Gasteiger partial charge in [-0.05, 0) is 88.8 Å². The Labute approximate surface area is 237 Å². The molecule has 5 fully saturated rings. The first kappa shape index (κ1) is 26.6. The number of hydrogen-bond donors (Lipinski definition) is 1. The molecule has 1 N–H and O–H groups in total. The SMILES string of the molecule is CN(CC(=O)O)[C@H]1CCC(c2nc3ccccc3n([C@@H]3C[C@@H]4CC5(CC5)[C@H](C3)N4C3CCCCCCC3)c2=O)C1. The van der Waals surface area contributed by atoms with E-state index in [2.05, 4.69) is 21.6 Å². The van der Waals surface area contributed by atoms with Gasteiger partial charge in [-0.2, -0.15) is 0 Å². The third-order valence-corrected chi connectivity index (χ3v) is 11.5. The van der Waals surface area contributed by atoms with Crippen molar-refractivity contribution in [3.8, 4) is 0 Å². The second kappa shape index (κ2) is 10.5. The molecule has 40 heavy (non-hydrogen) atoms. The molecular formula is C33H46N4O3. The highest BCUT2D eigenvalue weighted by Crippen LogP contribution is 2.64. The zero-order valence-corrected chi connectivity index (χ0v) is 24.1. The number of nitrogens with zero attached hydrogens (tertiary/aromatic N) is 4. The number of carbonyl (C=O) groups is 1. The Morgan fingerprint density at radius 1 is 0.975 bits per heavy atom. The number of hydrogen-bond acceptors (Lipinski definition) is 5. The number of carboxylic acids is 1. The molecule has 0 amide bonds. The van der Waals surface area contributed by atoms with Crippen LogP contribution in [0.5, 0.6) is 0 Å². The van der Waals surface area contributed by atoms with Crippen molar-refractivity contribution in [1.82, 2.24) is 19.4 Å². The van der Waals surface area contributed by atoms with Crippen LogP contribution in [0.3, 0.4) is 0 Å². The molecule has 1 spiro atoms. The van der Waals surface area contributed by atoms with Gasteiger partial charge in [0.2, 0.25) is 0 Å². The molecular weight excluding hydrogens is 500 g/mol. The first-order valence-electron chi connectivity index (χ1n) is 16.1. The fourth-order valence-electron chi connectivity index (χ4n) is 9.47. The summed E-state index contributed by atoms with van der Waals surface area (Å²) in [5.41, 5.74) is 3.24. The van der Waals surface area contributed by atoms with Crippen molar-refractivity contribution in [1.29, 1.82) is 0 Å². The summed E-state index contributed by atoms with van der Waals surface area (Å²) in [4.78, 5) is 35.6. The van der Waals surface area contributed by atoms with E-state index >= 15 is 0 Å². The minimum Gasteiger partial charge on any atom is -0.480 e. The van der Waals surface area contributed by atoms with Crippen LogP contribution in [0.2, 0.25) is 0 Å². The Morgan fingerprint density at radius 2 is 1.73 bits per heavy atom. The standard InChI is InChI=1S/C33H46N4O3/c1-35(21-30(38)39)24-14-13-22(17-24)31-32(40)37(28-12-8-7-11-27(28)34-31)25-18-26-20-33(15-16-33)29(19-25)36(26)23-9-5-3-2-4-6-10-23/h7-8,11-12,22-26,29H,2-6,9-10,13-21H2,1H3,(H,38,39)/t22?,24-,25+,26+,29-/m0/s1. The van der Waals surface area contributed by atoms with E-state index in [1.807, 2.05) is 24.1 Å². The number of fused-ring (bicyclic) bond motifs is 4. The minimum atomic E-state index is -0.800. The number of benzene rings is 1. The fraction of sp³-hybridized carbons (Fsp3) is 0.727. The number of aliphatic carboxylic acids is 1. The van der Waals surface area contributed by atoms with Gasteiger partial charge in [0.1, 0.15) is 5.69 Å². The van der Waals surface area contributed by atoms with Crippen LogP contribution >= 0.6 is 0 Å². The van der Waals surface area contributed by atoms with Gasteiger partial charge in [0.05, 0.1) is 17.6 Å². The van der Waals surface area contributed by atoms with E-state index < -0.39 is 5.97 Å². The van der Waals surface area contributed by atoms with Crippen LogP contribution in [0, 0.1) is 5.41 Å². The number of likely N-dealkylation sites (N-methyl/N-ethyl adjacent to an activating group) is 1. The Kier molecular flexibility index (Phi) is 7.02. The molecule has 2 aromatic rings. The van der Waals surface area contributed by atoms with Crippen molar-refractivity contribution in [3.05, 3.63) is 40.3 Å². The van der Waals surface area contributed by atoms with Crippen LogP contribution in [0.4, 0.5) is 0 Å². The summed E-state index contributed by atoms with van der Waals surface area (Å²) in [7, 11) is 1.89. The Morgan fingerprint density at radius 3 is 2.48 bits per heavy atom. The maximum absolute atomic E-state index is 14.4. The van der Waals surface area contributed by atoms with Gasteiger partial charge in [-0.25, -0.2) is 4.98 Å². The maximum atomic E-state index is 14.4. The fourth-order valence-corrected chi connectivity index (χ4v) is 9.47. The predicted molar refractivity (Wildman–Crippen MR) is 157 cm³/mol.